The Kier molecular flexibility index (Phi) is 8.35. The van der Waals surface area contributed by atoms with Gasteiger partial charge >= 0.3 is 0 Å². The summed E-state index contributed by atoms with van der Waals surface area (Å²) in [5.41, 5.74) is 1.56. The number of thioether (sulfide) groups is 1. The van der Waals surface area contributed by atoms with Gasteiger partial charge in [-0.1, -0.05) is 48.8 Å². The number of halogens is 2. The first-order valence-corrected chi connectivity index (χ1v) is 11.8. The Bertz CT molecular complexity index is 1030. The summed E-state index contributed by atoms with van der Waals surface area (Å²) in [7, 11) is 0. The average molecular weight is 478 g/mol. The minimum atomic E-state index is -0.0344. The maximum Gasteiger partial charge on any atom is 0.230 e. The first-order valence-electron chi connectivity index (χ1n) is 10.1. The Morgan fingerprint density at radius 2 is 1.94 bits per heavy atom. The maximum atomic E-state index is 12.5. The molecule has 1 aromatic carbocycles. The number of amides is 1. The van der Waals surface area contributed by atoms with Crippen molar-refractivity contribution in [3.05, 3.63) is 52.8 Å². The van der Waals surface area contributed by atoms with Crippen LogP contribution in [0.5, 0.6) is 0 Å². The predicted molar refractivity (Wildman–Crippen MR) is 127 cm³/mol. The van der Waals surface area contributed by atoms with E-state index >= 15 is 0 Å². The molecule has 2 heterocycles. The zero-order chi connectivity index (χ0) is 22.4. The summed E-state index contributed by atoms with van der Waals surface area (Å²) in [6, 6.07) is 9.20. The molecule has 0 radical (unpaired) electrons. The summed E-state index contributed by atoms with van der Waals surface area (Å²) in [6.45, 7) is 6.39. The summed E-state index contributed by atoms with van der Waals surface area (Å²) < 4.78 is 1.86. The van der Waals surface area contributed by atoms with E-state index in [1.165, 1.54) is 11.8 Å². The zero-order valence-electron chi connectivity index (χ0n) is 17.7. The normalized spacial score (nSPS) is 12.2. The van der Waals surface area contributed by atoms with E-state index < -0.39 is 0 Å². The fraction of sp³-hybridized carbons (Fsp3) is 0.364. The topological polar surface area (TPSA) is 72.7 Å². The quantitative estimate of drug-likeness (QED) is 0.401. The van der Waals surface area contributed by atoms with Gasteiger partial charge in [-0.2, -0.15) is 0 Å². The van der Waals surface area contributed by atoms with Gasteiger partial charge in [0.15, 0.2) is 11.0 Å². The van der Waals surface area contributed by atoms with Crippen molar-refractivity contribution >= 4 is 40.9 Å². The Morgan fingerprint density at radius 3 is 2.61 bits per heavy atom. The number of aromatic nitrogens is 4. The van der Waals surface area contributed by atoms with Crippen LogP contribution in [0, 0.1) is 5.92 Å². The molecule has 164 valence electrons. The monoisotopic (exact) mass is 477 g/mol. The van der Waals surface area contributed by atoms with Gasteiger partial charge in [-0.3, -0.25) is 14.3 Å². The van der Waals surface area contributed by atoms with Crippen LogP contribution in [0.1, 0.15) is 33.6 Å². The van der Waals surface area contributed by atoms with Crippen molar-refractivity contribution in [2.75, 3.05) is 5.75 Å². The van der Waals surface area contributed by atoms with E-state index in [1.54, 1.807) is 24.5 Å². The van der Waals surface area contributed by atoms with Gasteiger partial charge in [-0.05, 0) is 56.0 Å². The highest BCUT2D eigenvalue weighted by Crippen LogP contribution is 2.31. The molecule has 2 aromatic heterocycles. The van der Waals surface area contributed by atoms with Crippen molar-refractivity contribution in [1.82, 2.24) is 25.1 Å². The van der Waals surface area contributed by atoms with Gasteiger partial charge in [0.05, 0.1) is 21.5 Å². The highest BCUT2D eigenvalue weighted by atomic mass is 35.5. The molecule has 31 heavy (non-hydrogen) atoms. The summed E-state index contributed by atoms with van der Waals surface area (Å²) in [5, 5.41) is 13.2. The van der Waals surface area contributed by atoms with Gasteiger partial charge in [-0.25, -0.2) is 0 Å². The third kappa shape index (κ3) is 6.45. The lowest BCUT2D eigenvalue weighted by molar-refractivity contribution is -0.119. The number of hydrogen-bond acceptors (Lipinski definition) is 5. The minimum Gasteiger partial charge on any atom is -0.353 e. The summed E-state index contributed by atoms with van der Waals surface area (Å²) in [4.78, 5) is 16.6. The predicted octanol–water partition coefficient (Wildman–Crippen LogP) is 5.67. The highest BCUT2D eigenvalue weighted by Gasteiger charge is 2.18. The van der Waals surface area contributed by atoms with Gasteiger partial charge in [0.1, 0.15) is 0 Å². The largest absolute Gasteiger partial charge is 0.353 e. The van der Waals surface area contributed by atoms with Crippen LogP contribution >= 0.6 is 35.0 Å². The Balaban J connectivity index is 1.81. The summed E-state index contributed by atoms with van der Waals surface area (Å²) in [6.07, 6.45) is 5.45. The van der Waals surface area contributed by atoms with Crippen LogP contribution in [0.25, 0.3) is 17.1 Å². The number of carbonyl (C=O) groups excluding carboxylic acids is 1. The van der Waals surface area contributed by atoms with Crippen molar-refractivity contribution in [3.8, 4) is 17.1 Å². The SMILES string of the molecule is CC(C)CCC(C)NC(=O)CSc1nnc(-c2cccnc2)n1-c1ccc(Cl)c(Cl)c1. The number of carbonyl (C=O) groups is 1. The molecule has 1 N–H and O–H groups in total. The number of nitrogens with one attached hydrogen (secondary N) is 1. The molecule has 1 unspecified atom stereocenters. The molecule has 3 rings (SSSR count). The van der Waals surface area contributed by atoms with Gasteiger partial charge in [0.25, 0.3) is 0 Å². The lowest BCUT2D eigenvalue weighted by Crippen LogP contribution is -2.34. The van der Waals surface area contributed by atoms with Crippen molar-refractivity contribution in [2.45, 2.75) is 44.8 Å². The van der Waals surface area contributed by atoms with Crippen LogP contribution in [0.15, 0.2) is 47.9 Å². The van der Waals surface area contributed by atoms with E-state index in [0.717, 1.165) is 24.1 Å². The molecule has 0 bridgehead atoms. The standard InChI is InChI=1S/C22H25Cl2N5OS/c1-14(2)6-7-15(3)26-20(30)13-31-22-28-27-21(16-5-4-10-25-12-16)29(22)17-8-9-18(23)19(24)11-17/h4-5,8-12,14-15H,6-7,13H2,1-3H3,(H,26,30). The van der Waals surface area contributed by atoms with Crippen molar-refractivity contribution in [2.24, 2.45) is 5.92 Å². The van der Waals surface area contributed by atoms with Crippen LogP contribution in [-0.4, -0.2) is 37.5 Å². The fourth-order valence-corrected chi connectivity index (χ4v) is 4.06. The Hall–Kier alpha value is -2.09. The second-order valence-electron chi connectivity index (χ2n) is 7.71. The smallest absolute Gasteiger partial charge is 0.230 e. The molecule has 0 saturated heterocycles. The molecule has 0 aliphatic heterocycles. The zero-order valence-corrected chi connectivity index (χ0v) is 20.0. The van der Waals surface area contributed by atoms with E-state index in [2.05, 4.69) is 34.3 Å². The van der Waals surface area contributed by atoms with Gasteiger partial charge in [-0.15, -0.1) is 10.2 Å². The fourth-order valence-electron chi connectivity index (χ4n) is 3.00. The van der Waals surface area contributed by atoms with E-state index in [-0.39, 0.29) is 17.7 Å². The lowest BCUT2D eigenvalue weighted by atomic mass is 10.0. The maximum absolute atomic E-state index is 12.5. The number of benzene rings is 1. The second kappa shape index (κ2) is 11.0. The third-order valence-electron chi connectivity index (χ3n) is 4.63. The first kappa shape index (κ1) is 23.6. The van der Waals surface area contributed by atoms with E-state index in [0.29, 0.717) is 26.9 Å². The molecule has 6 nitrogen and oxygen atoms in total. The number of nitrogens with zero attached hydrogens (tertiary/aromatic N) is 4. The number of pyridine rings is 1. The van der Waals surface area contributed by atoms with Crippen molar-refractivity contribution in [3.63, 3.8) is 0 Å². The Morgan fingerprint density at radius 1 is 1.13 bits per heavy atom. The molecule has 0 saturated carbocycles. The molecule has 0 fully saturated rings. The van der Waals surface area contributed by atoms with Crippen LogP contribution in [0.3, 0.4) is 0 Å². The lowest BCUT2D eigenvalue weighted by Gasteiger charge is -2.15. The molecule has 3 aromatic rings. The molecule has 1 atom stereocenters. The molecular weight excluding hydrogens is 453 g/mol. The molecule has 9 heteroatoms. The van der Waals surface area contributed by atoms with Crippen LogP contribution < -0.4 is 5.32 Å². The molecule has 0 spiro atoms. The average Bonchev–Trinajstić information content (AvgIpc) is 3.17. The number of hydrogen-bond donors (Lipinski definition) is 1. The van der Waals surface area contributed by atoms with E-state index in [4.69, 9.17) is 23.2 Å². The second-order valence-corrected chi connectivity index (χ2v) is 9.47. The molecular formula is C22H25Cl2N5OS. The van der Waals surface area contributed by atoms with Gasteiger partial charge in [0.2, 0.25) is 5.91 Å². The van der Waals surface area contributed by atoms with Crippen LogP contribution in [0.4, 0.5) is 0 Å². The van der Waals surface area contributed by atoms with Crippen LogP contribution in [0.2, 0.25) is 10.0 Å². The van der Waals surface area contributed by atoms with Gasteiger partial charge < -0.3 is 5.32 Å². The minimum absolute atomic E-state index is 0.0344. The summed E-state index contributed by atoms with van der Waals surface area (Å²) >= 11 is 13.7. The van der Waals surface area contributed by atoms with Crippen molar-refractivity contribution in [1.29, 1.82) is 0 Å². The molecule has 0 aliphatic carbocycles. The highest BCUT2D eigenvalue weighted by molar-refractivity contribution is 7.99. The van der Waals surface area contributed by atoms with E-state index in [1.807, 2.05) is 29.7 Å². The molecule has 0 aliphatic rings. The molecule has 1 amide bonds. The van der Waals surface area contributed by atoms with Crippen LogP contribution in [-0.2, 0) is 4.79 Å². The van der Waals surface area contributed by atoms with E-state index in [9.17, 15) is 4.79 Å². The number of rotatable bonds is 9. The van der Waals surface area contributed by atoms with Crippen molar-refractivity contribution < 1.29 is 4.79 Å². The first-order chi connectivity index (χ1) is 14.8. The van der Waals surface area contributed by atoms with Gasteiger partial charge in [0, 0.05) is 24.0 Å². The summed E-state index contributed by atoms with van der Waals surface area (Å²) in [5.74, 6) is 1.43. The Labute approximate surface area is 196 Å². The third-order valence-corrected chi connectivity index (χ3v) is 6.30.